The molecule has 18 heavy (non-hydrogen) atoms. The normalized spacial score (nSPS) is 12.9. The second kappa shape index (κ2) is 8.48. The Bertz CT molecular complexity index is 346. The summed E-state index contributed by atoms with van der Waals surface area (Å²) in [4.78, 5) is 2.13. The zero-order valence-corrected chi connectivity index (χ0v) is 12.0. The molecule has 3 nitrogen and oxygen atoms in total. The number of nitrogens with one attached hydrogen (secondary N) is 1. The van der Waals surface area contributed by atoms with Crippen molar-refractivity contribution in [2.75, 3.05) is 33.3 Å². The van der Waals surface area contributed by atoms with Gasteiger partial charge in [0.1, 0.15) is 0 Å². The number of aliphatic hydroxyl groups is 1. The second-order valence-electron chi connectivity index (χ2n) is 4.48. The van der Waals surface area contributed by atoms with E-state index in [0.29, 0.717) is 12.6 Å². The fourth-order valence-electron chi connectivity index (χ4n) is 1.99. The predicted octanol–water partition coefficient (Wildman–Crippen LogP) is 2.30. The molecule has 0 saturated heterocycles. The Morgan fingerprint density at radius 1 is 1.39 bits per heavy atom. The first-order valence-corrected chi connectivity index (χ1v) is 6.83. The molecule has 0 radical (unpaired) electrons. The van der Waals surface area contributed by atoms with Crippen LogP contribution < -0.4 is 5.32 Å². The molecule has 102 valence electrons. The lowest BCUT2D eigenvalue weighted by molar-refractivity contribution is 0.215. The van der Waals surface area contributed by atoms with Crippen molar-refractivity contribution in [3.05, 3.63) is 34.9 Å². The van der Waals surface area contributed by atoms with Crippen LogP contribution in [-0.2, 0) is 0 Å². The minimum Gasteiger partial charge on any atom is -0.395 e. The van der Waals surface area contributed by atoms with Crippen molar-refractivity contribution in [3.8, 4) is 0 Å². The summed E-state index contributed by atoms with van der Waals surface area (Å²) < 4.78 is 0. The van der Waals surface area contributed by atoms with E-state index in [0.717, 1.165) is 24.5 Å². The molecule has 0 spiro atoms. The van der Waals surface area contributed by atoms with Crippen LogP contribution in [0, 0.1) is 0 Å². The topological polar surface area (TPSA) is 35.5 Å². The monoisotopic (exact) mass is 270 g/mol. The average molecular weight is 271 g/mol. The summed E-state index contributed by atoms with van der Waals surface area (Å²) in [5.41, 5.74) is 1.22. The Labute approximate surface area is 115 Å². The highest BCUT2D eigenvalue weighted by Gasteiger charge is 2.11. The second-order valence-corrected chi connectivity index (χ2v) is 4.92. The Morgan fingerprint density at radius 2 is 2.17 bits per heavy atom. The lowest BCUT2D eigenvalue weighted by Crippen LogP contribution is -2.28. The molecule has 1 aromatic carbocycles. The zero-order chi connectivity index (χ0) is 13.4. The standard InChI is InChI=1S/C14H23ClN2O/c1-3-16-14(7-8-17(2)9-10-18)12-5-4-6-13(15)11-12/h4-6,11,14,16,18H,3,7-10H2,1-2H3. The number of hydrogen-bond donors (Lipinski definition) is 2. The van der Waals surface area contributed by atoms with Gasteiger partial charge in [0.2, 0.25) is 0 Å². The van der Waals surface area contributed by atoms with E-state index in [9.17, 15) is 0 Å². The van der Waals surface area contributed by atoms with Crippen molar-refractivity contribution in [2.24, 2.45) is 0 Å². The van der Waals surface area contributed by atoms with Gasteiger partial charge in [-0.25, -0.2) is 0 Å². The third kappa shape index (κ3) is 5.36. The van der Waals surface area contributed by atoms with Crippen molar-refractivity contribution in [1.82, 2.24) is 10.2 Å². The van der Waals surface area contributed by atoms with Gasteiger partial charge < -0.3 is 15.3 Å². The maximum Gasteiger partial charge on any atom is 0.0558 e. The van der Waals surface area contributed by atoms with Crippen LogP contribution in [-0.4, -0.2) is 43.3 Å². The Kier molecular flexibility index (Phi) is 7.28. The van der Waals surface area contributed by atoms with Gasteiger partial charge in [0, 0.05) is 17.6 Å². The van der Waals surface area contributed by atoms with Crippen molar-refractivity contribution in [2.45, 2.75) is 19.4 Å². The minimum atomic E-state index is 0.208. The number of hydrogen-bond acceptors (Lipinski definition) is 3. The van der Waals surface area contributed by atoms with Gasteiger partial charge in [-0.1, -0.05) is 30.7 Å². The Hall–Kier alpha value is -0.610. The summed E-state index contributed by atoms with van der Waals surface area (Å²) in [5.74, 6) is 0. The van der Waals surface area contributed by atoms with Gasteiger partial charge in [0.25, 0.3) is 0 Å². The molecule has 1 rings (SSSR count). The predicted molar refractivity (Wildman–Crippen MR) is 77.1 cm³/mol. The molecule has 0 aliphatic carbocycles. The molecular weight excluding hydrogens is 248 g/mol. The fourth-order valence-corrected chi connectivity index (χ4v) is 2.19. The molecule has 0 heterocycles. The summed E-state index contributed by atoms with van der Waals surface area (Å²) in [6.45, 7) is 4.91. The molecule has 1 aromatic rings. The Morgan fingerprint density at radius 3 is 2.78 bits per heavy atom. The van der Waals surface area contributed by atoms with Gasteiger partial charge in [0.15, 0.2) is 0 Å². The van der Waals surface area contributed by atoms with E-state index in [4.69, 9.17) is 16.7 Å². The van der Waals surface area contributed by atoms with Gasteiger partial charge >= 0.3 is 0 Å². The molecule has 0 aliphatic rings. The average Bonchev–Trinajstić information content (AvgIpc) is 2.35. The van der Waals surface area contributed by atoms with E-state index >= 15 is 0 Å². The van der Waals surface area contributed by atoms with Gasteiger partial charge in [0.05, 0.1) is 6.61 Å². The first-order valence-electron chi connectivity index (χ1n) is 6.45. The van der Waals surface area contributed by atoms with E-state index in [1.165, 1.54) is 5.56 Å². The van der Waals surface area contributed by atoms with E-state index in [-0.39, 0.29) is 6.61 Å². The number of nitrogens with zero attached hydrogens (tertiary/aromatic N) is 1. The summed E-state index contributed by atoms with van der Waals surface area (Å²) in [5, 5.41) is 13.1. The number of halogens is 1. The molecule has 0 aromatic heterocycles. The number of benzene rings is 1. The maximum absolute atomic E-state index is 8.88. The lowest BCUT2D eigenvalue weighted by atomic mass is 10.0. The molecule has 1 atom stereocenters. The van der Waals surface area contributed by atoms with E-state index in [1.54, 1.807) is 0 Å². The molecule has 0 saturated carbocycles. The van der Waals surface area contributed by atoms with Crippen LogP contribution in [0.25, 0.3) is 0 Å². The molecule has 0 amide bonds. The lowest BCUT2D eigenvalue weighted by Gasteiger charge is -2.22. The summed E-state index contributed by atoms with van der Waals surface area (Å²) in [6.07, 6.45) is 1.00. The van der Waals surface area contributed by atoms with Crippen LogP contribution in [0.5, 0.6) is 0 Å². The first kappa shape index (κ1) is 15.4. The van der Waals surface area contributed by atoms with Gasteiger partial charge in [-0.15, -0.1) is 0 Å². The van der Waals surface area contributed by atoms with Crippen LogP contribution in [0.2, 0.25) is 5.02 Å². The third-order valence-electron chi connectivity index (χ3n) is 2.98. The molecule has 0 aliphatic heterocycles. The number of rotatable bonds is 8. The highest BCUT2D eigenvalue weighted by atomic mass is 35.5. The zero-order valence-electron chi connectivity index (χ0n) is 11.2. The van der Waals surface area contributed by atoms with Crippen molar-refractivity contribution in [3.63, 3.8) is 0 Å². The number of aliphatic hydroxyl groups excluding tert-OH is 1. The van der Waals surface area contributed by atoms with Crippen molar-refractivity contribution >= 4 is 11.6 Å². The van der Waals surface area contributed by atoms with Gasteiger partial charge in [-0.3, -0.25) is 0 Å². The van der Waals surface area contributed by atoms with Crippen LogP contribution in [0.3, 0.4) is 0 Å². The van der Waals surface area contributed by atoms with E-state index in [2.05, 4.69) is 23.2 Å². The molecule has 0 bridgehead atoms. The highest BCUT2D eigenvalue weighted by Crippen LogP contribution is 2.20. The van der Waals surface area contributed by atoms with Crippen LogP contribution >= 0.6 is 11.6 Å². The molecule has 0 fully saturated rings. The summed E-state index contributed by atoms with van der Waals surface area (Å²) in [6, 6.07) is 8.31. The Balaban J connectivity index is 2.59. The molecule has 1 unspecified atom stereocenters. The van der Waals surface area contributed by atoms with Crippen molar-refractivity contribution < 1.29 is 5.11 Å². The van der Waals surface area contributed by atoms with Crippen LogP contribution in [0.15, 0.2) is 24.3 Å². The molecule has 2 N–H and O–H groups in total. The first-order chi connectivity index (χ1) is 8.67. The van der Waals surface area contributed by atoms with Crippen LogP contribution in [0.1, 0.15) is 24.9 Å². The minimum absolute atomic E-state index is 0.208. The fraction of sp³-hybridized carbons (Fsp3) is 0.571. The van der Waals surface area contributed by atoms with Gasteiger partial charge in [-0.2, -0.15) is 0 Å². The van der Waals surface area contributed by atoms with E-state index in [1.807, 2.05) is 25.2 Å². The quantitative estimate of drug-likeness (QED) is 0.761. The van der Waals surface area contributed by atoms with E-state index < -0.39 is 0 Å². The SMILES string of the molecule is CCNC(CCN(C)CCO)c1cccc(Cl)c1. The summed E-state index contributed by atoms with van der Waals surface area (Å²) in [7, 11) is 2.02. The highest BCUT2D eigenvalue weighted by molar-refractivity contribution is 6.30. The van der Waals surface area contributed by atoms with Crippen molar-refractivity contribution in [1.29, 1.82) is 0 Å². The summed E-state index contributed by atoms with van der Waals surface area (Å²) >= 11 is 6.03. The van der Waals surface area contributed by atoms with Gasteiger partial charge in [-0.05, 0) is 44.3 Å². The van der Waals surface area contributed by atoms with Crippen LogP contribution in [0.4, 0.5) is 0 Å². The maximum atomic E-state index is 8.88. The molecule has 4 heteroatoms. The smallest absolute Gasteiger partial charge is 0.0558 e. The third-order valence-corrected chi connectivity index (χ3v) is 3.22. The number of likely N-dealkylation sites (N-methyl/N-ethyl adjacent to an activating group) is 1. The molecular formula is C14H23ClN2O. The largest absolute Gasteiger partial charge is 0.395 e.